The van der Waals surface area contributed by atoms with Gasteiger partial charge in [-0.25, -0.2) is 0 Å². The van der Waals surface area contributed by atoms with Crippen molar-refractivity contribution in [3.8, 4) is 5.75 Å². The van der Waals surface area contributed by atoms with Crippen molar-refractivity contribution in [2.75, 3.05) is 16.8 Å². The molecule has 0 unspecified atom stereocenters. The van der Waals surface area contributed by atoms with Crippen molar-refractivity contribution in [2.45, 2.75) is 20.8 Å². The Morgan fingerprint density at radius 2 is 1.71 bits per heavy atom. The van der Waals surface area contributed by atoms with Gasteiger partial charge in [-0.1, -0.05) is 59.9 Å². The van der Waals surface area contributed by atoms with Crippen molar-refractivity contribution in [1.29, 1.82) is 0 Å². The summed E-state index contributed by atoms with van der Waals surface area (Å²) in [5, 5.41) is 2.80. The standard InChI is InChI=1S/C27H24N2O3S2/c1-17-4-9-21(10-5-17)28-25(30)16-32-23-12-7-20(8-13-23)15-24-26(31)29(27(33)34-24)22-11-6-18(2)19(3)14-22/h4-15H,16H2,1-3H3,(H,28,30). The second kappa shape index (κ2) is 10.2. The zero-order valence-electron chi connectivity index (χ0n) is 19.1. The van der Waals surface area contributed by atoms with Crippen LogP contribution in [-0.2, 0) is 9.59 Å². The molecule has 4 rings (SSSR count). The third kappa shape index (κ3) is 5.55. The Balaban J connectivity index is 1.38. The van der Waals surface area contributed by atoms with Crippen molar-refractivity contribution in [3.05, 3.63) is 93.9 Å². The fraction of sp³-hybridized carbons (Fsp3) is 0.148. The van der Waals surface area contributed by atoms with E-state index < -0.39 is 0 Å². The molecule has 1 heterocycles. The minimum Gasteiger partial charge on any atom is -0.484 e. The second-order valence-electron chi connectivity index (χ2n) is 8.06. The molecule has 3 aromatic rings. The first-order valence-electron chi connectivity index (χ1n) is 10.7. The maximum absolute atomic E-state index is 13.0. The molecule has 34 heavy (non-hydrogen) atoms. The Labute approximate surface area is 208 Å². The van der Waals surface area contributed by atoms with Gasteiger partial charge >= 0.3 is 0 Å². The highest BCUT2D eigenvalue weighted by Gasteiger charge is 2.33. The van der Waals surface area contributed by atoms with Gasteiger partial charge < -0.3 is 10.1 Å². The maximum atomic E-state index is 13.0. The molecule has 3 aromatic carbocycles. The summed E-state index contributed by atoms with van der Waals surface area (Å²) >= 11 is 6.76. The summed E-state index contributed by atoms with van der Waals surface area (Å²) in [6.07, 6.45) is 1.81. The number of anilines is 2. The van der Waals surface area contributed by atoms with Crippen molar-refractivity contribution >= 4 is 57.6 Å². The number of benzene rings is 3. The normalized spacial score (nSPS) is 14.6. The molecule has 1 aliphatic heterocycles. The Bertz CT molecular complexity index is 1280. The van der Waals surface area contributed by atoms with E-state index in [1.165, 1.54) is 17.3 Å². The van der Waals surface area contributed by atoms with Crippen LogP contribution in [0, 0.1) is 20.8 Å². The summed E-state index contributed by atoms with van der Waals surface area (Å²) < 4.78 is 6.10. The molecule has 1 N–H and O–H groups in total. The lowest BCUT2D eigenvalue weighted by Gasteiger charge is -2.15. The lowest BCUT2D eigenvalue weighted by molar-refractivity contribution is -0.118. The number of carbonyl (C=O) groups excluding carboxylic acids is 2. The fourth-order valence-electron chi connectivity index (χ4n) is 3.35. The summed E-state index contributed by atoms with van der Waals surface area (Å²) in [6.45, 7) is 5.95. The van der Waals surface area contributed by atoms with Crippen LogP contribution in [0.1, 0.15) is 22.3 Å². The molecule has 1 fully saturated rings. The average Bonchev–Trinajstić information content (AvgIpc) is 3.09. The molecule has 0 aromatic heterocycles. The van der Waals surface area contributed by atoms with Crippen molar-refractivity contribution in [2.24, 2.45) is 0 Å². The quantitative estimate of drug-likeness (QED) is 0.339. The molecular formula is C27H24N2O3S2. The van der Waals surface area contributed by atoms with Crippen LogP contribution in [-0.4, -0.2) is 22.7 Å². The summed E-state index contributed by atoms with van der Waals surface area (Å²) in [7, 11) is 0. The van der Waals surface area contributed by atoms with Gasteiger partial charge in [-0.05, 0) is 79.9 Å². The highest BCUT2D eigenvalue weighted by Crippen LogP contribution is 2.36. The van der Waals surface area contributed by atoms with Gasteiger partial charge in [0.05, 0.1) is 10.6 Å². The summed E-state index contributed by atoms with van der Waals surface area (Å²) in [6, 6.07) is 20.7. The Morgan fingerprint density at radius 3 is 2.38 bits per heavy atom. The number of aryl methyl sites for hydroxylation is 3. The van der Waals surface area contributed by atoms with Gasteiger partial charge in [-0.3, -0.25) is 14.5 Å². The van der Waals surface area contributed by atoms with Crippen LogP contribution in [0.4, 0.5) is 11.4 Å². The summed E-state index contributed by atoms with van der Waals surface area (Å²) in [4.78, 5) is 27.3. The van der Waals surface area contributed by atoms with Crippen LogP contribution in [0.25, 0.3) is 6.08 Å². The van der Waals surface area contributed by atoms with Crippen LogP contribution in [0.2, 0.25) is 0 Å². The number of amides is 2. The molecule has 0 radical (unpaired) electrons. The first-order chi connectivity index (χ1) is 16.3. The molecule has 0 saturated carbocycles. The zero-order valence-corrected chi connectivity index (χ0v) is 20.8. The minimum absolute atomic E-state index is 0.0954. The van der Waals surface area contributed by atoms with Gasteiger partial charge in [0.25, 0.3) is 11.8 Å². The lowest BCUT2D eigenvalue weighted by Crippen LogP contribution is -2.27. The average molecular weight is 489 g/mol. The summed E-state index contributed by atoms with van der Waals surface area (Å²) in [5.41, 5.74) is 5.76. The predicted molar refractivity (Wildman–Crippen MR) is 143 cm³/mol. The second-order valence-corrected chi connectivity index (χ2v) is 9.73. The Kier molecular flexibility index (Phi) is 7.14. The Hall–Kier alpha value is -3.42. The van der Waals surface area contributed by atoms with Gasteiger partial charge in [0.2, 0.25) is 0 Å². The topological polar surface area (TPSA) is 58.6 Å². The molecule has 0 bridgehead atoms. The lowest BCUT2D eigenvalue weighted by atomic mass is 10.1. The van der Waals surface area contributed by atoms with Crippen molar-refractivity contribution in [3.63, 3.8) is 0 Å². The number of hydrogen-bond acceptors (Lipinski definition) is 5. The van der Waals surface area contributed by atoms with Crippen LogP contribution < -0.4 is 15.0 Å². The summed E-state index contributed by atoms with van der Waals surface area (Å²) in [5.74, 6) is 0.202. The fourth-order valence-corrected chi connectivity index (χ4v) is 4.65. The molecule has 0 spiro atoms. The van der Waals surface area contributed by atoms with E-state index >= 15 is 0 Å². The van der Waals surface area contributed by atoms with Crippen LogP contribution in [0.5, 0.6) is 5.75 Å². The van der Waals surface area contributed by atoms with Gasteiger partial charge in [-0.2, -0.15) is 0 Å². The maximum Gasteiger partial charge on any atom is 0.270 e. The molecule has 172 valence electrons. The monoisotopic (exact) mass is 488 g/mol. The smallest absolute Gasteiger partial charge is 0.270 e. The van der Waals surface area contributed by atoms with Gasteiger partial charge in [0.15, 0.2) is 10.9 Å². The molecule has 0 atom stereocenters. The SMILES string of the molecule is Cc1ccc(NC(=O)COc2ccc(C=C3SC(=S)N(c4ccc(C)c(C)c4)C3=O)cc2)cc1. The molecule has 7 heteroatoms. The largest absolute Gasteiger partial charge is 0.484 e. The first-order valence-corrected chi connectivity index (χ1v) is 12.0. The van der Waals surface area contributed by atoms with Crippen molar-refractivity contribution in [1.82, 2.24) is 0 Å². The van der Waals surface area contributed by atoms with Crippen LogP contribution in [0.3, 0.4) is 0 Å². The molecule has 1 aliphatic rings. The number of hydrogen-bond donors (Lipinski definition) is 1. The van der Waals surface area contributed by atoms with E-state index in [1.807, 2.05) is 81.4 Å². The number of thiocarbonyl (C=S) groups is 1. The Morgan fingerprint density at radius 1 is 1.00 bits per heavy atom. The molecule has 0 aliphatic carbocycles. The van der Waals surface area contributed by atoms with E-state index in [1.54, 1.807) is 17.0 Å². The van der Waals surface area contributed by atoms with E-state index in [0.29, 0.717) is 15.0 Å². The van der Waals surface area contributed by atoms with Crippen molar-refractivity contribution < 1.29 is 14.3 Å². The van der Waals surface area contributed by atoms with E-state index in [9.17, 15) is 9.59 Å². The molecule has 2 amide bonds. The van der Waals surface area contributed by atoms with E-state index in [4.69, 9.17) is 17.0 Å². The van der Waals surface area contributed by atoms with E-state index in [0.717, 1.165) is 28.1 Å². The van der Waals surface area contributed by atoms with Gasteiger partial charge in [-0.15, -0.1) is 0 Å². The molecule has 1 saturated heterocycles. The van der Waals surface area contributed by atoms with Gasteiger partial charge in [0, 0.05) is 5.69 Å². The number of rotatable bonds is 6. The number of carbonyl (C=O) groups is 2. The van der Waals surface area contributed by atoms with Gasteiger partial charge in [0.1, 0.15) is 5.75 Å². The van der Waals surface area contributed by atoms with Crippen LogP contribution in [0.15, 0.2) is 71.6 Å². The van der Waals surface area contributed by atoms with E-state index in [-0.39, 0.29) is 18.4 Å². The van der Waals surface area contributed by atoms with Crippen LogP contribution >= 0.6 is 24.0 Å². The third-order valence-corrected chi connectivity index (χ3v) is 6.73. The minimum atomic E-state index is -0.233. The highest BCUT2D eigenvalue weighted by atomic mass is 32.2. The number of nitrogens with one attached hydrogen (secondary N) is 1. The predicted octanol–water partition coefficient (Wildman–Crippen LogP) is 6.04. The first kappa shape index (κ1) is 23.7. The highest BCUT2D eigenvalue weighted by molar-refractivity contribution is 8.27. The molecular weight excluding hydrogens is 464 g/mol. The third-order valence-electron chi connectivity index (χ3n) is 5.43. The zero-order chi connectivity index (χ0) is 24.2. The van der Waals surface area contributed by atoms with E-state index in [2.05, 4.69) is 5.32 Å². The number of nitrogens with zero attached hydrogens (tertiary/aromatic N) is 1. The molecule has 5 nitrogen and oxygen atoms in total. The number of thioether (sulfide) groups is 1. The number of ether oxygens (including phenoxy) is 1.